The van der Waals surface area contributed by atoms with Crippen LogP contribution in [0.25, 0.3) is 0 Å². The van der Waals surface area contributed by atoms with Crippen molar-refractivity contribution in [3.63, 3.8) is 0 Å². The van der Waals surface area contributed by atoms with Gasteiger partial charge >= 0.3 is 0 Å². The first-order valence-electron chi connectivity index (χ1n) is 13.5. The van der Waals surface area contributed by atoms with Gasteiger partial charge in [0.25, 0.3) is 0 Å². The lowest BCUT2D eigenvalue weighted by atomic mass is 9.71. The quantitative estimate of drug-likeness (QED) is 0.393. The van der Waals surface area contributed by atoms with Crippen molar-refractivity contribution in [3.8, 4) is 0 Å². The smallest absolute Gasteiger partial charge is 0.193 e. The minimum Gasteiger partial charge on any atom is -0.488 e. The maximum Gasteiger partial charge on any atom is 0.193 e. The van der Waals surface area contributed by atoms with Crippen molar-refractivity contribution in [1.29, 1.82) is 0 Å². The van der Waals surface area contributed by atoms with Crippen molar-refractivity contribution in [2.75, 3.05) is 0 Å². The van der Waals surface area contributed by atoms with Gasteiger partial charge in [-0.15, -0.1) is 0 Å². The molecule has 35 heavy (non-hydrogen) atoms. The van der Waals surface area contributed by atoms with Crippen LogP contribution in [0.5, 0.6) is 0 Å². The molecule has 1 N–H and O–H groups in total. The van der Waals surface area contributed by atoms with Crippen LogP contribution < -0.4 is 0 Å². The number of hydrogen-bond acceptors (Lipinski definition) is 5. The summed E-state index contributed by atoms with van der Waals surface area (Å²) in [4.78, 5) is 14.0. The molecule has 0 radical (unpaired) electrons. The Bertz CT molecular complexity index is 871. The number of rotatable bonds is 5. The van der Waals surface area contributed by atoms with E-state index in [4.69, 9.17) is 13.6 Å². The molecule has 0 amide bonds. The monoisotopic (exact) mass is 524 g/mol. The molecule has 0 unspecified atom stereocenters. The van der Waals surface area contributed by atoms with Crippen LogP contribution in [-0.4, -0.2) is 50.9 Å². The van der Waals surface area contributed by atoms with Gasteiger partial charge in [-0.05, 0) is 82.2 Å². The van der Waals surface area contributed by atoms with E-state index in [1.165, 1.54) is 0 Å². The van der Waals surface area contributed by atoms with E-state index in [0.29, 0.717) is 12.8 Å². The third-order valence-electron chi connectivity index (χ3n) is 9.99. The molecule has 2 aliphatic carbocycles. The zero-order valence-corrected chi connectivity index (χ0v) is 26.7. The minimum atomic E-state index is -2.17. The predicted octanol–water partition coefficient (Wildman–Crippen LogP) is 6.97. The molecule has 0 spiro atoms. The number of fused-ring (bicyclic) bond motifs is 1. The molecule has 1 fully saturated rings. The summed E-state index contributed by atoms with van der Waals surface area (Å²) >= 11 is 0. The van der Waals surface area contributed by atoms with Crippen LogP contribution in [0.15, 0.2) is 11.3 Å². The number of Topliss-reactive ketones (excluding diaryl/α,β-unsaturated/α-hetero) is 1. The summed E-state index contributed by atoms with van der Waals surface area (Å²) < 4.78 is 20.5. The standard InChI is InChI=1S/C28H52O5Si2/c1-25(2,3)34(10,11)32-21-17-22(33-35(12,13)26(4,5)6)24-18(23(21)29)16-20-19(27(7,8)30)14-15-28(20,9)31-24/h19-22,30H,14-17H2,1-13H3/t19-,20+,21+,22+,28-/m0/s1. The van der Waals surface area contributed by atoms with Crippen LogP contribution >= 0.6 is 0 Å². The second kappa shape index (κ2) is 8.79. The summed E-state index contributed by atoms with van der Waals surface area (Å²) in [6.45, 7) is 28.3. The van der Waals surface area contributed by atoms with Gasteiger partial charge in [-0.1, -0.05) is 41.5 Å². The van der Waals surface area contributed by atoms with E-state index in [-0.39, 0.29) is 39.4 Å². The zero-order valence-electron chi connectivity index (χ0n) is 24.7. The SMILES string of the molecule is CC(C)(O)[C@H]1CC[C@]2(C)OC3=C(C[C@H]12)C(=O)[C@H](O[Si](C)(C)C(C)(C)C)C[C@H]3O[Si](C)(C)C(C)(C)C. The van der Waals surface area contributed by atoms with Gasteiger partial charge in [0.1, 0.15) is 23.6 Å². The Labute approximate surface area is 216 Å². The van der Waals surface area contributed by atoms with Crippen LogP contribution in [0.1, 0.15) is 88.0 Å². The summed E-state index contributed by atoms with van der Waals surface area (Å²) in [6, 6.07) is 0. The highest BCUT2D eigenvalue weighted by Crippen LogP contribution is 2.56. The molecule has 1 heterocycles. The molecular formula is C28H52O5Si2. The number of ether oxygens (including phenoxy) is 1. The molecule has 0 aromatic rings. The second-order valence-electron chi connectivity index (χ2n) is 15.2. The molecule has 5 atom stereocenters. The predicted molar refractivity (Wildman–Crippen MR) is 147 cm³/mol. The lowest BCUT2D eigenvalue weighted by molar-refractivity contribution is -0.133. The average molecular weight is 525 g/mol. The normalized spacial score (nSPS) is 32.9. The molecule has 5 nitrogen and oxygen atoms in total. The molecule has 0 saturated heterocycles. The van der Waals surface area contributed by atoms with Gasteiger partial charge in [-0.25, -0.2) is 0 Å². The van der Waals surface area contributed by atoms with Gasteiger partial charge in [0, 0.05) is 17.9 Å². The summed E-state index contributed by atoms with van der Waals surface area (Å²) in [5.41, 5.74) is -0.441. The minimum absolute atomic E-state index is 0.0107. The fraction of sp³-hybridized carbons (Fsp3) is 0.893. The topological polar surface area (TPSA) is 65.0 Å². The molecule has 3 aliphatic rings. The van der Waals surface area contributed by atoms with Gasteiger partial charge in [0.2, 0.25) is 0 Å². The van der Waals surface area contributed by atoms with E-state index < -0.39 is 28.3 Å². The van der Waals surface area contributed by atoms with Crippen molar-refractivity contribution in [2.24, 2.45) is 11.8 Å². The van der Waals surface area contributed by atoms with Gasteiger partial charge < -0.3 is 18.7 Å². The van der Waals surface area contributed by atoms with Gasteiger partial charge in [0.15, 0.2) is 22.4 Å². The largest absolute Gasteiger partial charge is 0.488 e. The highest BCUT2D eigenvalue weighted by Gasteiger charge is 2.58. The van der Waals surface area contributed by atoms with E-state index >= 15 is 0 Å². The Morgan fingerprint density at radius 1 is 0.914 bits per heavy atom. The molecular weight excluding hydrogens is 472 g/mol. The van der Waals surface area contributed by atoms with Crippen molar-refractivity contribution in [2.45, 2.75) is 148 Å². The Morgan fingerprint density at radius 2 is 1.40 bits per heavy atom. The first kappa shape index (κ1) is 29.1. The second-order valence-corrected chi connectivity index (χ2v) is 24.7. The lowest BCUT2D eigenvalue weighted by Crippen LogP contribution is -2.55. The number of hydrogen-bond donors (Lipinski definition) is 1. The number of carbonyl (C=O) groups is 1. The van der Waals surface area contributed by atoms with Crippen molar-refractivity contribution in [1.82, 2.24) is 0 Å². The molecule has 0 bridgehead atoms. The first-order chi connectivity index (χ1) is 15.5. The Kier molecular flexibility index (Phi) is 7.30. The van der Waals surface area contributed by atoms with Crippen molar-refractivity contribution >= 4 is 22.4 Å². The zero-order chi connectivity index (χ0) is 27.0. The summed E-state index contributed by atoms with van der Waals surface area (Å²) in [5.74, 6) is 1.02. The Hall–Kier alpha value is -0.476. The lowest BCUT2D eigenvalue weighted by Gasteiger charge is -2.49. The van der Waals surface area contributed by atoms with Crippen LogP contribution in [0.4, 0.5) is 0 Å². The van der Waals surface area contributed by atoms with Gasteiger partial charge in [0.05, 0.1) is 5.60 Å². The number of carbonyl (C=O) groups excluding carboxylic acids is 1. The van der Waals surface area contributed by atoms with Crippen LogP contribution in [0, 0.1) is 11.8 Å². The first-order valence-corrected chi connectivity index (χ1v) is 19.4. The van der Waals surface area contributed by atoms with Crippen LogP contribution in [0.3, 0.4) is 0 Å². The van der Waals surface area contributed by atoms with E-state index in [1.807, 2.05) is 13.8 Å². The van der Waals surface area contributed by atoms with E-state index in [1.54, 1.807) is 0 Å². The third kappa shape index (κ3) is 5.40. The van der Waals surface area contributed by atoms with Crippen LogP contribution in [0.2, 0.25) is 36.3 Å². The summed E-state index contributed by atoms with van der Waals surface area (Å²) in [6.07, 6.45) is 2.17. The molecule has 202 valence electrons. The number of aliphatic hydroxyl groups is 1. The Balaban J connectivity index is 2.04. The van der Waals surface area contributed by atoms with Crippen molar-refractivity contribution < 1.29 is 23.5 Å². The van der Waals surface area contributed by atoms with Gasteiger partial charge in [-0.3, -0.25) is 4.79 Å². The summed E-state index contributed by atoms with van der Waals surface area (Å²) in [7, 11) is -4.30. The summed E-state index contributed by atoms with van der Waals surface area (Å²) in [5, 5.41) is 11.0. The maximum absolute atomic E-state index is 14.0. The molecule has 1 aliphatic heterocycles. The molecule has 0 aromatic carbocycles. The van der Waals surface area contributed by atoms with Crippen LogP contribution in [-0.2, 0) is 18.4 Å². The van der Waals surface area contributed by atoms with E-state index in [0.717, 1.165) is 24.2 Å². The highest BCUT2D eigenvalue weighted by molar-refractivity contribution is 6.74. The molecule has 7 heteroatoms. The molecule has 0 aromatic heterocycles. The Morgan fingerprint density at radius 3 is 1.86 bits per heavy atom. The fourth-order valence-electron chi connectivity index (χ4n) is 5.57. The molecule has 3 rings (SSSR count). The van der Waals surface area contributed by atoms with Crippen molar-refractivity contribution in [3.05, 3.63) is 11.3 Å². The highest BCUT2D eigenvalue weighted by atomic mass is 28.4. The van der Waals surface area contributed by atoms with E-state index in [9.17, 15) is 9.90 Å². The number of ketones is 1. The molecule has 1 saturated carbocycles. The van der Waals surface area contributed by atoms with Gasteiger partial charge in [-0.2, -0.15) is 0 Å². The maximum atomic E-state index is 14.0. The average Bonchev–Trinajstić information content (AvgIpc) is 2.98. The van der Waals surface area contributed by atoms with E-state index in [2.05, 4.69) is 74.7 Å². The fourth-order valence-corrected chi connectivity index (χ4v) is 8.11. The third-order valence-corrected chi connectivity index (χ3v) is 19.0.